The molecule has 0 radical (unpaired) electrons. The minimum atomic E-state index is -2.87. The smallest absolute Gasteiger partial charge is 0.387 e. The minimum Gasteiger partial charge on any atom is -0.435 e. The number of carbonyl (C=O) groups excluding carboxylic acids is 1. The van der Waals surface area contributed by atoms with E-state index in [0.29, 0.717) is 27.6 Å². The average molecular weight is 387 g/mol. The fourth-order valence-electron chi connectivity index (χ4n) is 2.42. The number of rotatable bonds is 5. The highest BCUT2D eigenvalue weighted by Gasteiger charge is 2.15. The van der Waals surface area contributed by atoms with Crippen LogP contribution in [-0.4, -0.2) is 32.1 Å². The molecule has 3 heterocycles. The van der Waals surface area contributed by atoms with Crippen molar-refractivity contribution in [3.63, 3.8) is 0 Å². The summed E-state index contributed by atoms with van der Waals surface area (Å²) in [6, 6.07) is 7.82. The van der Waals surface area contributed by atoms with Crippen molar-refractivity contribution in [2.75, 3.05) is 5.32 Å². The van der Waals surface area contributed by atoms with E-state index in [1.165, 1.54) is 34.2 Å². The number of carbonyl (C=O) groups is 1. The first-order chi connectivity index (χ1) is 13.1. The van der Waals surface area contributed by atoms with Crippen LogP contribution < -0.4 is 10.1 Å². The highest BCUT2D eigenvalue weighted by molar-refractivity contribution is 7.14. The molecule has 4 rings (SSSR count). The molecule has 0 fully saturated rings. The summed E-state index contributed by atoms with van der Waals surface area (Å²) in [7, 11) is 0. The van der Waals surface area contributed by atoms with Crippen molar-refractivity contribution in [2.24, 2.45) is 0 Å². The summed E-state index contributed by atoms with van der Waals surface area (Å²) in [5.41, 5.74) is 2.10. The van der Waals surface area contributed by atoms with Gasteiger partial charge in [-0.2, -0.15) is 13.9 Å². The van der Waals surface area contributed by atoms with Crippen molar-refractivity contribution in [3.05, 3.63) is 59.9 Å². The second kappa shape index (κ2) is 7.08. The molecule has 0 unspecified atom stereocenters. The van der Waals surface area contributed by atoms with Crippen molar-refractivity contribution < 1.29 is 18.3 Å². The number of alkyl halides is 2. The molecule has 1 aromatic carbocycles. The Bertz CT molecular complexity index is 1090. The lowest BCUT2D eigenvalue weighted by Gasteiger charge is -2.04. The Morgan fingerprint density at radius 2 is 2.07 bits per heavy atom. The predicted octanol–water partition coefficient (Wildman–Crippen LogP) is 3.71. The van der Waals surface area contributed by atoms with Gasteiger partial charge in [0, 0.05) is 23.3 Å². The SMILES string of the molecule is O=C(Nc1nc(-c2ccc(OC(F)F)cc2)cs1)c1cnn2cccnc12. The molecule has 0 saturated heterocycles. The molecule has 0 aliphatic rings. The monoisotopic (exact) mass is 387 g/mol. The number of aromatic nitrogens is 4. The molecule has 0 aliphatic heterocycles. The summed E-state index contributed by atoms with van der Waals surface area (Å²) in [5, 5.41) is 8.95. The molecule has 4 aromatic rings. The maximum absolute atomic E-state index is 12.5. The molecule has 136 valence electrons. The molecule has 0 aliphatic carbocycles. The molecule has 0 atom stereocenters. The van der Waals surface area contributed by atoms with E-state index in [-0.39, 0.29) is 11.7 Å². The summed E-state index contributed by atoms with van der Waals surface area (Å²) >= 11 is 1.25. The molecule has 10 heteroatoms. The zero-order chi connectivity index (χ0) is 18.8. The quantitative estimate of drug-likeness (QED) is 0.565. The molecule has 7 nitrogen and oxygen atoms in total. The van der Waals surface area contributed by atoms with Crippen molar-refractivity contribution in [2.45, 2.75) is 6.61 Å². The predicted molar refractivity (Wildman–Crippen MR) is 95.1 cm³/mol. The van der Waals surface area contributed by atoms with Gasteiger partial charge in [0.2, 0.25) is 0 Å². The number of halogens is 2. The molecule has 0 saturated carbocycles. The Morgan fingerprint density at radius 3 is 2.85 bits per heavy atom. The number of hydrogen-bond donors (Lipinski definition) is 1. The van der Waals surface area contributed by atoms with Gasteiger partial charge in [-0.15, -0.1) is 11.3 Å². The number of amides is 1. The first-order valence-electron chi connectivity index (χ1n) is 7.70. The van der Waals surface area contributed by atoms with E-state index in [1.54, 1.807) is 36.0 Å². The zero-order valence-corrected chi connectivity index (χ0v) is 14.4. The van der Waals surface area contributed by atoms with Gasteiger partial charge in [-0.1, -0.05) is 0 Å². The number of nitrogens with zero attached hydrogens (tertiary/aromatic N) is 4. The molecular weight excluding hydrogens is 376 g/mol. The van der Waals surface area contributed by atoms with Gasteiger partial charge in [-0.3, -0.25) is 10.1 Å². The average Bonchev–Trinajstić information content (AvgIpc) is 3.29. The van der Waals surface area contributed by atoms with Crippen LogP contribution in [0.1, 0.15) is 10.4 Å². The van der Waals surface area contributed by atoms with E-state index in [9.17, 15) is 13.6 Å². The number of anilines is 1. The Balaban J connectivity index is 1.50. The van der Waals surface area contributed by atoms with Crippen LogP contribution >= 0.6 is 11.3 Å². The Labute approximate surface area is 155 Å². The van der Waals surface area contributed by atoms with Crippen LogP contribution in [0.15, 0.2) is 54.3 Å². The van der Waals surface area contributed by atoms with Gasteiger partial charge in [-0.05, 0) is 30.3 Å². The summed E-state index contributed by atoms with van der Waals surface area (Å²) in [6.45, 7) is -2.87. The van der Waals surface area contributed by atoms with E-state index in [2.05, 4.69) is 25.1 Å². The highest BCUT2D eigenvalue weighted by atomic mass is 32.1. The zero-order valence-electron chi connectivity index (χ0n) is 13.5. The summed E-state index contributed by atoms with van der Waals surface area (Å²) in [4.78, 5) is 21.0. The van der Waals surface area contributed by atoms with Crippen LogP contribution in [0.25, 0.3) is 16.9 Å². The maximum atomic E-state index is 12.5. The van der Waals surface area contributed by atoms with Gasteiger partial charge in [-0.25, -0.2) is 14.5 Å². The van der Waals surface area contributed by atoms with E-state index in [4.69, 9.17) is 0 Å². The van der Waals surface area contributed by atoms with Crippen LogP contribution in [0, 0.1) is 0 Å². The third-order valence-electron chi connectivity index (χ3n) is 3.62. The number of thiazole rings is 1. The van der Waals surface area contributed by atoms with Gasteiger partial charge in [0.1, 0.15) is 11.3 Å². The van der Waals surface area contributed by atoms with Crippen LogP contribution in [0.5, 0.6) is 5.75 Å². The first-order valence-corrected chi connectivity index (χ1v) is 8.58. The molecule has 1 amide bonds. The topological polar surface area (TPSA) is 81.4 Å². The van der Waals surface area contributed by atoms with Crippen molar-refractivity contribution in [1.29, 1.82) is 0 Å². The van der Waals surface area contributed by atoms with Crippen molar-refractivity contribution >= 4 is 28.0 Å². The van der Waals surface area contributed by atoms with Crippen LogP contribution in [0.4, 0.5) is 13.9 Å². The summed E-state index contributed by atoms with van der Waals surface area (Å²) in [5.74, 6) is -0.302. The summed E-state index contributed by atoms with van der Waals surface area (Å²) in [6.07, 6.45) is 4.71. The van der Waals surface area contributed by atoms with Crippen LogP contribution in [0.2, 0.25) is 0 Å². The first kappa shape index (κ1) is 17.0. The number of benzene rings is 1. The van der Waals surface area contributed by atoms with Crippen molar-refractivity contribution in [1.82, 2.24) is 19.6 Å². The molecule has 1 N–H and O–H groups in total. The lowest BCUT2D eigenvalue weighted by molar-refractivity contribution is -0.0498. The normalized spacial score (nSPS) is 11.1. The third kappa shape index (κ3) is 3.60. The van der Waals surface area contributed by atoms with E-state index in [0.717, 1.165) is 0 Å². The largest absolute Gasteiger partial charge is 0.435 e. The van der Waals surface area contributed by atoms with E-state index in [1.807, 2.05) is 0 Å². The molecular formula is C17H11F2N5O2S. The Morgan fingerprint density at radius 1 is 1.26 bits per heavy atom. The van der Waals surface area contributed by atoms with E-state index >= 15 is 0 Å². The fraction of sp³-hybridized carbons (Fsp3) is 0.0588. The molecule has 0 bridgehead atoms. The second-order valence-electron chi connectivity index (χ2n) is 5.34. The Hall–Kier alpha value is -3.40. The van der Waals surface area contributed by atoms with Gasteiger partial charge in [0.15, 0.2) is 10.8 Å². The molecule has 3 aromatic heterocycles. The second-order valence-corrected chi connectivity index (χ2v) is 6.20. The number of hydrogen-bond acceptors (Lipinski definition) is 6. The number of fused-ring (bicyclic) bond motifs is 1. The number of ether oxygens (including phenoxy) is 1. The number of nitrogens with one attached hydrogen (secondary N) is 1. The molecule has 0 spiro atoms. The van der Waals surface area contributed by atoms with Gasteiger partial charge in [0.25, 0.3) is 5.91 Å². The van der Waals surface area contributed by atoms with Gasteiger partial charge >= 0.3 is 6.61 Å². The third-order valence-corrected chi connectivity index (χ3v) is 4.38. The van der Waals surface area contributed by atoms with Crippen LogP contribution in [0.3, 0.4) is 0 Å². The standard InChI is InChI=1S/C17H11F2N5O2S/c18-16(19)26-11-4-2-10(3-5-11)13-9-27-17(22-13)23-15(25)12-8-21-24-7-1-6-20-14(12)24/h1-9,16H,(H,22,23,25). The molecule has 27 heavy (non-hydrogen) atoms. The van der Waals surface area contributed by atoms with E-state index < -0.39 is 6.61 Å². The minimum absolute atomic E-state index is 0.0677. The summed E-state index contributed by atoms with van der Waals surface area (Å²) < 4.78 is 30.2. The highest BCUT2D eigenvalue weighted by Crippen LogP contribution is 2.27. The van der Waals surface area contributed by atoms with Gasteiger partial charge < -0.3 is 4.74 Å². The lowest BCUT2D eigenvalue weighted by Crippen LogP contribution is -2.11. The van der Waals surface area contributed by atoms with Crippen LogP contribution in [-0.2, 0) is 0 Å². The van der Waals surface area contributed by atoms with Crippen molar-refractivity contribution in [3.8, 4) is 17.0 Å². The fourth-order valence-corrected chi connectivity index (χ4v) is 3.14. The maximum Gasteiger partial charge on any atom is 0.387 e. The Kier molecular flexibility index (Phi) is 4.47. The lowest BCUT2D eigenvalue weighted by atomic mass is 10.2. The van der Waals surface area contributed by atoms with Gasteiger partial charge in [0.05, 0.1) is 11.9 Å².